The number of pyridine rings is 1. The van der Waals surface area contributed by atoms with Gasteiger partial charge in [0.25, 0.3) is 0 Å². The van der Waals surface area contributed by atoms with Crippen LogP contribution in [0.3, 0.4) is 0 Å². The Hall–Kier alpha value is -2.60. The van der Waals surface area contributed by atoms with Gasteiger partial charge in [-0.25, -0.2) is 4.39 Å². The molecule has 174 valence electrons. The minimum atomic E-state index is -0.645. The molecule has 1 saturated heterocycles. The van der Waals surface area contributed by atoms with Crippen LogP contribution in [0, 0.1) is 16.6 Å². The summed E-state index contributed by atoms with van der Waals surface area (Å²) < 4.78 is 13.4. The van der Waals surface area contributed by atoms with Crippen molar-refractivity contribution in [2.75, 3.05) is 26.2 Å². The number of piperidine rings is 1. The predicted octanol–water partition coefficient (Wildman–Crippen LogP) is 4.73. The van der Waals surface area contributed by atoms with Gasteiger partial charge in [-0.2, -0.15) is 0 Å². The van der Waals surface area contributed by atoms with Gasteiger partial charge < -0.3 is 10.0 Å². The maximum atomic E-state index is 13.4. The van der Waals surface area contributed by atoms with Gasteiger partial charge in [-0.3, -0.25) is 14.8 Å². The minimum Gasteiger partial charge on any atom is -0.481 e. The molecule has 0 bridgehead atoms. The number of carboxylic acid groups (broad SMARTS) is 1. The molecular formula is C27H32FN3O2. The van der Waals surface area contributed by atoms with Gasteiger partial charge in [0.1, 0.15) is 5.82 Å². The summed E-state index contributed by atoms with van der Waals surface area (Å²) in [6, 6.07) is 13.8. The topological polar surface area (TPSA) is 65.8 Å². The zero-order chi connectivity index (χ0) is 22.9. The van der Waals surface area contributed by atoms with Crippen molar-refractivity contribution in [2.24, 2.45) is 15.8 Å². The Morgan fingerprint density at radius 2 is 1.88 bits per heavy atom. The Morgan fingerprint density at radius 1 is 1.12 bits per heavy atom. The van der Waals surface area contributed by atoms with E-state index >= 15 is 0 Å². The van der Waals surface area contributed by atoms with Crippen LogP contribution in [-0.2, 0) is 11.2 Å². The van der Waals surface area contributed by atoms with Crippen LogP contribution in [0.4, 0.5) is 4.39 Å². The highest BCUT2D eigenvalue weighted by Crippen LogP contribution is 2.44. The molecular weight excluding hydrogens is 417 g/mol. The van der Waals surface area contributed by atoms with Gasteiger partial charge in [0.15, 0.2) is 0 Å². The number of carboxylic acids is 1. The SMILES string of the molecule is O=C(O)C1(CN2CCC(CN=C3CC3c3ccccc3)(Cc3ccc(F)cn3)CC2)CCC1. The fourth-order valence-electron chi connectivity index (χ4n) is 5.53. The third-order valence-electron chi connectivity index (χ3n) is 8.03. The Morgan fingerprint density at radius 3 is 2.48 bits per heavy atom. The number of aliphatic carboxylic acids is 1. The second-order valence-corrected chi connectivity index (χ2v) is 10.3. The highest BCUT2D eigenvalue weighted by molar-refractivity contribution is 6.05. The van der Waals surface area contributed by atoms with Gasteiger partial charge in [-0.05, 0) is 74.7 Å². The summed E-state index contributed by atoms with van der Waals surface area (Å²) in [4.78, 5) is 23.5. The molecule has 1 aliphatic heterocycles. The van der Waals surface area contributed by atoms with Gasteiger partial charge in [0.05, 0.1) is 11.6 Å². The largest absolute Gasteiger partial charge is 0.481 e. The lowest BCUT2D eigenvalue weighted by atomic mass is 9.67. The highest BCUT2D eigenvalue weighted by atomic mass is 19.1. The second-order valence-electron chi connectivity index (χ2n) is 10.3. The lowest BCUT2D eigenvalue weighted by Gasteiger charge is -2.46. The first-order valence-corrected chi connectivity index (χ1v) is 12.1. The van der Waals surface area contributed by atoms with Crippen LogP contribution in [0.25, 0.3) is 0 Å². The van der Waals surface area contributed by atoms with E-state index in [0.29, 0.717) is 12.5 Å². The number of halogens is 1. The van der Waals surface area contributed by atoms with Crippen molar-refractivity contribution >= 4 is 11.7 Å². The zero-order valence-corrected chi connectivity index (χ0v) is 19.0. The van der Waals surface area contributed by atoms with Crippen molar-refractivity contribution < 1.29 is 14.3 Å². The molecule has 0 amide bonds. The van der Waals surface area contributed by atoms with Gasteiger partial charge in [-0.1, -0.05) is 36.8 Å². The fraction of sp³-hybridized carbons (Fsp3) is 0.519. The highest BCUT2D eigenvalue weighted by Gasteiger charge is 2.47. The van der Waals surface area contributed by atoms with Crippen molar-refractivity contribution in [3.63, 3.8) is 0 Å². The third kappa shape index (κ3) is 4.86. The second kappa shape index (κ2) is 8.98. The quantitative estimate of drug-likeness (QED) is 0.633. The normalized spacial score (nSPS) is 24.9. The van der Waals surface area contributed by atoms with E-state index in [1.54, 1.807) is 6.07 Å². The van der Waals surface area contributed by atoms with E-state index in [0.717, 1.165) is 70.3 Å². The van der Waals surface area contributed by atoms with Crippen LogP contribution in [0.1, 0.15) is 55.7 Å². The maximum absolute atomic E-state index is 13.4. The van der Waals surface area contributed by atoms with E-state index in [4.69, 9.17) is 4.99 Å². The number of rotatable bonds is 8. The molecule has 1 aromatic carbocycles. The molecule has 2 saturated carbocycles. The van der Waals surface area contributed by atoms with E-state index in [1.165, 1.54) is 23.5 Å². The van der Waals surface area contributed by atoms with E-state index in [9.17, 15) is 14.3 Å². The van der Waals surface area contributed by atoms with Crippen LogP contribution in [0.2, 0.25) is 0 Å². The number of benzene rings is 1. The summed E-state index contributed by atoms with van der Waals surface area (Å²) in [7, 11) is 0. The fourth-order valence-corrected chi connectivity index (χ4v) is 5.53. The van der Waals surface area contributed by atoms with E-state index in [1.807, 2.05) is 6.07 Å². The van der Waals surface area contributed by atoms with Crippen LogP contribution < -0.4 is 0 Å². The van der Waals surface area contributed by atoms with Gasteiger partial charge in [-0.15, -0.1) is 0 Å². The number of hydrogen-bond donors (Lipinski definition) is 1. The van der Waals surface area contributed by atoms with E-state index < -0.39 is 11.4 Å². The number of hydrogen-bond acceptors (Lipinski definition) is 4. The zero-order valence-electron chi connectivity index (χ0n) is 19.0. The summed E-state index contributed by atoms with van der Waals surface area (Å²) in [5.74, 6) is -0.513. The van der Waals surface area contributed by atoms with Crippen LogP contribution >= 0.6 is 0 Å². The summed E-state index contributed by atoms with van der Waals surface area (Å²) in [5, 5.41) is 9.72. The Bertz CT molecular complexity index is 1010. The summed E-state index contributed by atoms with van der Waals surface area (Å²) >= 11 is 0. The molecule has 33 heavy (non-hydrogen) atoms. The monoisotopic (exact) mass is 449 g/mol. The minimum absolute atomic E-state index is 0.0197. The van der Waals surface area contributed by atoms with Crippen molar-refractivity contribution in [2.45, 2.75) is 50.9 Å². The summed E-state index contributed by atoms with van der Waals surface area (Å²) in [6.07, 6.45) is 7.60. The molecule has 1 unspecified atom stereocenters. The molecule has 2 aliphatic carbocycles. The molecule has 6 heteroatoms. The third-order valence-corrected chi connectivity index (χ3v) is 8.03. The van der Waals surface area contributed by atoms with E-state index in [-0.39, 0.29) is 11.2 Å². The van der Waals surface area contributed by atoms with Crippen LogP contribution in [0.5, 0.6) is 0 Å². The van der Waals surface area contributed by atoms with E-state index in [2.05, 4.69) is 34.1 Å². The van der Waals surface area contributed by atoms with Crippen LogP contribution in [0.15, 0.2) is 53.7 Å². The number of carbonyl (C=O) groups is 1. The lowest BCUT2D eigenvalue weighted by Crippen LogP contribution is -2.51. The van der Waals surface area contributed by atoms with Crippen molar-refractivity contribution in [1.82, 2.24) is 9.88 Å². The Kier molecular flexibility index (Phi) is 6.04. The smallest absolute Gasteiger partial charge is 0.310 e. The molecule has 3 aliphatic rings. The summed E-state index contributed by atoms with van der Waals surface area (Å²) in [5.41, 5.74) is 2.94. The molecule has 1 atom stereocenters. The Labute approximate surface area is 194 Å². The lowest BCUT2D eigenvalue weighted by molar-refractivity contribution is -0.156. The molecule has 3 fully saturated rings. The molecule has 1 aromatic heterocycles. The number of nitrogens with zero attached hydrogens (tertiary/aromatic N) is 3. The molecule has 5 nitrogen and oxygen atoms in total. The van der Waals surface area contributed by atoms with Crippen molar-refractivity contribution in [3.05, 3.63) is 65.7 Å². The van der Waals surface area contributed by atoms with Crippen molar-refractivity contribution in [1.29, 1.82) is 0 Å². The molecule has 2 heterocycles. The molecule has 5 rings (SSSR count). The maximum Gasteiger partial charge on any atom is 0.310 e. The first kappa shape index (κ1) is 22.2. The first-order chi connectivity index (χ1) is 16.0. The molecule has 0 radical (unpaired) electrons. The Balaban J connectivity index is 1.27. The number of aliphatic imine (C=N–C) groups is 1. The standard InChI is InChI=1S/C27H32FN3O2/c28-21-7-8-22(29-17-21)16-26(18-30-24-15-23(24)20-5-2-1-3-6-20)11-13-31(14-12-26)19-27(25(32)33)9-4-10-27/h1-3,5-8,17,23H,4,9-16,18-19H2,(H,32,33). The average molecular weight is 450 g/mol. The number of likely N-dealkylation sites (tertiary alicyclic amines) is 1. The van der Waals surface area contributed by atoms with Gasteiger partial charge in [0.2, 0.25) is 0 Å². The van der Waals surface area contributed by atoms with Crippen LogP contribution in [-0.4, -0.2) is 52.9 Å². The molecule has 2 aromatic rings. The van der Waals surface area contributed by atoms with Gasteiger partial charge >= 0.3 is 5.97 Å². The predicted molar refractivity (Wildman–Crippen MR) is 126 cm³/mol. The van der Waals surface area contributed by atoms with Crippen molar-refractivity contribution in [3.8, 4) is 0 Å². The first-order valence-electron chi connectivity index (χ1n) is 12.1. The van der Waals surface area contributed by atoms with Gasteiger partial charge in [0, 0.05) is 30.4 Å². The summed E-state index contributed by atoms with van der Waals surface area (Å²) in [6.45, 7) is 3.16. The number of aromatic nitrogens is 1. The molecule has 1 N–H and O–H groups in total. The molecule has 0 spiro atoms. The average Bonchev–Trinajstić information content (AvgIpc) is 3.58.